The fraction of sp³-hybridized carbons (Fsp3) is 0.615. The van der Waals surface area contributed by atoms with E-state index in [9.17, 15) is 0 Å². The first kappa shape index (κ1) is 13.3. The molecule has 0 spiro atoms. The number of hydrogen-bond acceptors (Lipinski definition) is 2. The minimum atomic E-state index is 0.552. The van der Waals surface area contributed by atoms with Crippen LogP contribution in [0.15, 0.2) is 21.2 Å². The van der Waals surface area contributed by atoms with Crippen LogP contribution in [0.25, 0.3) is 0 Å². The topological polar surface area (TPSA) is 24.9 Å². The highest BCUT2D eigenvalue weighted by atomic mass is 79.9. The van der Waals surface area contributed by atoms with Crippen LogP contribution in [0.4, 0.5) is 5.82 Å². The van der Waals surface area contributed by atoms with Crippen molar-refractivity contribution in [3.63, 3.8) is 0 Å². The third kappa shape index (κ3) is 3.44. The molecule has 0 saturated heterocycles. The largest absolute Gasteiger partial charge is 0.366 e. The number of nitrogens with one attached hydrogen (secondary N) is 1. The summed E-state index contributed by atoms with van der Waals surface area (Å²) >= 11 is 6.97. The molecule has 17 heavy (non-hydrogen) atoms. The van der Waals surface area contributed by atoms with E-state index in [-0.39, 0.29) is 0 Å². The molecule has 0 aliphatic heterocycles. The zero-order valence-corrected chi connectivity index (χ0v) is 13.4. The molecule has 1 aliphatic rings. The minimum Gasteiger partial charge on any atom is -0.366 e. The van der Waals surface area contributed by atoms with Crippen molar-refractivity contribution in [3.05, 3.63) is 21.2 Å². The van der Waals surface area contributed by atoms with Crippen LogP contribution in [0.5, 0.6) is 0 Å². The number of halogens is 2. The van der Waals surface area contributed by atoms with E-state index in [0.29, 0.717) is 6.04 Å². The Labute approximate surface area is 120 Å². The lowest BCUT2D eigenvalue weighted by Gasteiger charge is -2.33. The van der Waals surface area contributed by atoms with Crippen molar-refractivity contribution >= 4 is 37.7 Å². The van der Waals surface area contributed by atoms with E-state index in [1.807, 2.05) is 12.3 Å². The molecule has 0 aromatic carbocycles. The third-order valence-electron chi connectivity index (χ3n) is 3.56. The summed E-state index contributed by atoms with van der Waals surface area (Å²) in [6.07, 6.45) is 5.71. The summed E-state index contributed by atoms with van der Waals surface area (Å²) in [5.41, 5.74) is 0. The van der Waals surface area contributed by atoms with Gasteiger partial charge in [-0.05, 0) is 69.0 Å². The van der Waals surface area contributed by atoms with Crippen molar-refractivity contribution in [1.82, 2.24) is 4.98 Å². The van der Waals surface area contributed by atoms with Crippen LogP contribution in [-0.4, -0.2) is 11.0 Å². The van der Waals surface area contributed by atoms with E-state index in [0.717, 1.165) is 26.6 Å². The van der Waals surface area contributed by atoms with Gasteiger partial charge in [-0.15, -0.1) is 0 Å². The van der Waals surface area contributed by atoms with E-state index in [4.69, 9.17) is 0 Å². The molecule has 2 nitrogen and oxygen atoms in total. The van der Waals surface area contributed by atoms with Gasteiger partial charge in [0.1, 0.15) is 5.82 Å². The second kappa shape index (κ2) is 5.70. The molecule has 0 amide bonds. The predicted molar refractivity (Wildman–Crippen MR) is 79.2 cm³/mol. The van der Waals surface area contributed by atoms with E-state index >= 15 is 0 Å². The van der Waals surface area contributed by atoms with Gasteiger partial charge in [-0.3, -0.25) is 0 Å². The van der Waals surface area contributed by atoms with Crippen molar-refractivity contribution in [2.45, 2.75) is 39.2 Å². The highest BCUT2D eigenvalue weighted by Gasteiger charge is 2.25. The number of aromatic nitrogens is 1. The van der Waals surface area contributed by atoms with Crippen LogP contribution in [0.1, 0.15) is 33.1 Å². The Hall–Kier alpha value is -0.0900. The molecule has 4 heteroatoms. The van der Waals surface area contributed by atoms with Gasteiger partial charge in [0, 0.05) is 16.7 Å². The Morgan fingerprint density at radius 1 is 1.29 bits per heavy atom. The number of nitrogens with zero attached hydrogens (tertiary/aromatic N) is 1. The summed E-state index contributed by atoms with van der Waals surface area (Å²) in [7, 11) is 0. The Kier molecular flexibility index (Phi) is 4.47. The number of pyridine rings is 1. The Balaban J connectivity index is 2.05. The molecular formula is C13H18Br2N2. The quantitative estimate of drug-likeness (QED) is 0.814. The van der Waals surface area contributed by atoms with E-state index in [1.165, 1.54) is 19.3 Å². The first-order valence-corrected chi connectivity index (χ1v) is 7.72. The molecule has 0 bridgehead atoms. The van der Waals surface area contributed by atoms with Gasteiger partial charge < -0.3 is 5.32 Å². The van der Waals surface area contributed by atoms with Crippen molar-refractivity contribution in [2.24, 2.45) is 11.8 Å². The average molecular weight is 362 g/mol. The SMILES string of the molecule is CC1CCC(Nc2ncc(Br)cc2Br)C(C)C1. The fourth-order valence-electron chi connectivity index (χ4n) is 2.58. The summed E-state index contributed by atoms with van der Waals surface area (Å²) in [6, 6.07) is 2.59. The molecule has 2 rings (SSSR count). The highest BCUT2D eigenvalue weighted by Crippen LogP contribution is 2.32. The lowest BCUT2D eigenvalue weighted by molar-refractivity contribution is 0.276. The second-order valence-corrected chi connectivity index (χ2v) is 6.90. The van der Waals surface area contributed by atoms with Gasteiger partial charge in [0.15, 0.2) is 0 Å². The molecule has 1 saturated carbocycles. The maximum absolute atomic E-state index is 4.42. The molecule has 1 fully saturated rings. The minimum absolute atomic E-state index is 0.552. The monoisotopic (exact) mass is 360 g/mol. The van der Waals surface area contributed by atoms with Crippen LogP contribution in [0.3, 0.4) is 0 Å². The third-order valence-corrected chi connectivity index (χ3v) is 4.60. The Bertz CT molecular complexity index is 395. The van der Waals surface area contributed by atoms with Crippen LogP contribution in [0.2, 0.25) is 0 Å². The summed E-state index contributed by atoms with van der Waals surface area (Å²) in [4.78, 5) is 4.42. The lowest BCUT2D eigenvalue weighted by atomic mass is 9.80. The van der Waals surface area contributed by atoms with Crippen molar-refractivity contribution in [2.75, 3.05) is 5.32 Å². The molecular weight excluding hydrogens is 344 g/mol. The fourth-order valence-corrected chi connectivity index (χ4v) is 3.68. The first-order valence-electron chi connectivity index (χ1n) is 6.14. The van der Waals surface area contributed by atoms with Gasteiger partial charge in [-0.2, -0.15) is 0 Å². The molecule has 1 heterocycles. The van der Waals surface area contributed by atoms with E-state index in [1.54, 1.807) is 0 Å². The molecule has 94 valence electrons. The molecule has 1 N–H and O–H groups in total. The standard InChI is InChI=1S/C13H18Br2N2/c1-8-3-4-12(9(2)5-8)17-13-11(15)6-10(14)7-16-13/h6-9,12H,3-5H2,1-2H3,(H,16,17). The summed E-state index contributed by atoms with van der Waals surface area (Å²) in [6.45, 7) is 4.68. The van der Waals surface area contributed by atoms with E-state index < -0.39 is 0 Å². The number of anilines is 1. The molecule has 0 radical (unpaired) electrons. The average Bonchev–Trinajstić information content (AvgIpc) is 2.25. The van der Waals surface area contributed by atoms with Gasteiger partial charge in [0.2, 0.25) is 0 Å². The van der Waals surface area contributed by atoms with Crippen molar-refractivity contribution in [3.8, 4) is 0 Å². The number of rotatable bonds is 2. The molecule has 1 aliphatic carbocycles. The lowest BCUT2D eigenvalue weighted by Crippen LogP contribution is -2.33. The maximum atomic E-state index is 4.42. The van der Waals surface area contributed by atoms with Crippen molar-refractivity contribution in [1.29, 1.82) is 0 Å². The first-order chi connectivity index (χ1) is 8.06. The van der Waals surface area contributed by atoms with Gasteiger partial charge in [0.25, 0.3) is 0 Å². The second-order valence-electron chi connectivity index (χ2n) is 5.13. The normalized spacial score (nSPS) is 29.1. The van der Waals surface area contributed by atoms with Crippen LogP contribution in [-0.2, 0) is 0 Å². The number of hydrogen-bond donors (Lipinski definition) is 1. The highest BCUT2D eigenvalue weighted by molar-refractivity contribution is 9.11. The molecule has 1 aromatic rings. The van der Waals surface area contributed by atoms with E-state index in [2.05, 4.69) is 56.0 Å². The summed E-state index contributed by atoms with van der Waals surface area (Å²) < 4.78 is 2.03. The van der Waals surface area contributed by atoms with Crippen LogP contribution < -0.4 is 5.32 Å². The Morgan fingerprint density at radius 2 is 2.06 bits per heavy atom. The van der Waals surface area contributed by atoms with Gasteiger partial charge in [0.05, 0.1) is 4.47 Å². The zero-order valence-electron chi connectivity index (χ0n) is 10.2. The smallest absolute Gasteiger partial charge is 0.140 e. The predicted octanol–water partition coefficient (Wildman–Crippen LogP) is 4.84. The summed E-state index contributed by atoms with van der Waals surface area (Å²) in [5, 5.41) is 3.57. The molecule has 1 aromatic heterocycles. The van der Waals surface area contributed by atoms with Gasteiger partial charge in [-0.25, -0.2) is 4.98 Å². The summed E-state index contributed by atoms with van der Waals surface area (Å²) in [5.74, 6) is 2.54. The van der Waals surface area contributed by atoms with Gasteiger partial charge in [-0.1, -0.05) is 13.8 Å². The Morgan fingerprint density at radius 3 is 2.71 bits per heavy atom. The van der Waals surface area contributed by atoms with Crippen LogP contribution in [0, 0.1) is 11.8 Å². The maximum Gasteiger partial charge on any atom is 0.140 e. The van der Waals surface area contributed by atoms with Crippen LogP contribution >= 0.6 is 31.9 Å². The van der Waals surface area contributed by atoms with Gasteiger partial charge >= 0.3 is 0 Å². The molecule has 3 unspecified atom stereocenters. The van der Waals surface area contributed by atoms with Crippen molar-refractivity contribution < 1.29 is 0 Å². The zero-order chi connectivity index (χ0) is 12.4. The molecule has 3 atom stereocenters.